The number of nitrogens with one attached hydrogen (secondary N) is 1. The monoisotopic (exact) mass is 371 g/mol. The molecule has 2 saturated heterocycles. The van der Waals surface area contributed by atoms with Crippen LogP contribution in [0.25, 0.3) is 0 Å². The van der Waals surface area contributed by atoms with Crippen LogP contribution in [0.3, 0.4) is 0 Å². The van der Waals surface area contributed by atoms with E-state index in [1.165, 1.54) is 5.56 Å². The molecule has 1 aromatic carbocycles. The fourth-order valence-corrected chi connectivity index (χ4v) is 4.46. The summed E-state index contributed by atoms with van der Waals surface area (Å²) in [6, 6.07) is 7.52. The molecule has 0 bridgehead atoms. The number of imide groups is 1. The quantitative estimate of drug-likeness (QED) is 0.790. The Morgan fingerprint density at radius 1 is 1.19 bits per heavy atom. The van der Waals surface area contributed by atoms with Crippen LogP contribution in [0.2, 0.25) is 0 Å². The van der Waals surface area contributed by atoms with E-state index in [-0.39, 0.29) is 30.6 Å². The van der Waals surface area contributed by atoms with Crippen molar-refractivity contribution in [3.05, 3.63) is 35.4 Å². The van der Waals surface area contributed by atoms with Gasteiger partial charge in [-0.25, -0.2) is 4.79 Å². The third-order valence-corrected chi connectivity index (χ3v) is 5.74. The van der Waals surface area contributed by atoms with Crippen LogP contribution in [0.5, 0.6) is 0 Å². The van der Waals surface area contributed by atoms with Crippen LogP contribution in [-0.4, -0.2) is 65.0 Å². The summed E-state index contributed by atoms with van der Waals surface area (Å²) < 4.78 is 5.65. The number of ether oxygens (including phenoxy) is 1. The number of morpholine rings is 1. The molecular weight excluding hydrogens is 346 g/mol. The van der Waals surface area contributed by atoms with Gasteiger partial charge in [0.2, 0.25) is 5.91 Å². The largest absolute Gasteiger partial charge is 0.372 e. The molecule has 2 heterocycles. The molecule has 1 N–H and O–H groups in total. The molecule has 2 aliphatic heterocycles. The summed E-state index contributed by atoms with van der Waals surface area (Å²) >= 11 is 0. The van der Waals surface area contributed by atoms with Crippen LogP contribution in [0.1, 0.15) is 31.4 Å². The normalized spacial score (nSPS) is 30.4. The van der Waals surface area contributed by atoms with Gasteiger partial charge < -0.3 is 15.0 Å². The standard InChI is InChI=1S/C20H25N3O4/c1-13-10-22(11-14(2)27-13)17(24)12-23-18(25)20(21-19(23)26)8-7-15-5-3-4-6-16(15)9-20/h3-6,13-14H,7-12H2,1-2H3,(H,21,26). The highest BCUT2D eigenvalue weighted by Gasteiger charge is 2.52. The van der Waals surface area contributed by atoms with E-state index in [4.69, 9.17) is 4.74 Å². The van der Waals surface area contributed by atoms with Crippen molar-refractivity contribution in [2.24, 2.45) is 0 Å². The van der Waals surface area contributed by atoms with E-state index >= 15 is 0 Å². The smallest absolute Gasteiger partial charge is 0.325 e. The molecule has 27 heavy (non-hydrogen) atoms. The number of aryl methyl sites for hydroxylation is 1. The molecule has 7 heteroatoms. The Bertz CT molecular complexity index is 785. The number of carbonyl (C=O) groups excluding carboxylic acids is 3. The second-order valence-electron chi connectivity index (χ2n) is 7.91. The SMILES string of the molecule is CC1CN(C(=O)CN2C(=O)NC3(CCc4ccccc4C3)C2=O)CC(C)O1. The van der Waals surface area contributed by atoms with Gasteiger partial charge in [0.05, 0.1) is 12.2 Å². The highest BCUT2D eigenvalue weighted by atomic mass is 16.5. The topological polar surface area (TPSA) is 79.0 Å². The highest BCUT2D eigenvalue weighted by Crippen LogP contribution is 2.33. The van der Waals surface area contributed by atoms with Crippen molar-refractivity contribution in [1.29, 1.82) is 0 Å². The van der Waals surface area contributed by atoms with Gasteiger partial charge in [0.1, 0.15) is 12.1 Å². The van der Waals surface area contributed by atoms with Crippen molar-refractivity contribution in [2.75, 3.05) is 19.6 Å². The van der Waals surface area contributed by atoms with E-state index < -0.39 is 11.6 Å². The Morgan fingerprint density at radius 3 is 2.56 bits per heavy atom. The molecule has 3 unspecified atom stereocenters. The third kappa shape index (κ3) is 3.20. The Labute approximate surface area is 158 Å². The van der Waals surface area contributed by atoms with E-state index in [0.717, 1.165) is 16.9 Å². The zero-order valence-electron chi connectivity index (χ0n) is 15.7. The number of urea groups is 1. The Balaban J connectivity index is 1.48. The number of amides is 4. The van der Waals surface area contributed by atoms with E-state index in [0.29, 0.717) is 25.9 Å². The van der Waals surface area contributed by atoms with Gasteiger partial charge in [-0.2, -0.15) is 0 Å². The number of hydrogen-bond acceptors (Lipinski definition) is 4. The lowest BCUT2D eigenvalue weighted by atomic mass is 9.78. The Kier molecular flexibility index (Phi) is 4.42. The predicted molar refractivity (Wildman–Crippen MR) is 98.0 cm³/mol. The summed E-state index contributed by atoms with van der Waals surface area (Å²) in [4.78, 5) is 41.1. The Hall–Kier alpha value is -2.41. The molecule has 3 aliphatic rings. The first kappa shape index (κ1) is 18.0. The summed E-state index contributed by atoms with van der Waals surface area (Å²) in [5.74, 6) is -0.501. The molecule has 0 radical (unpaired) electrons. The number of fused-ring (bicyclic) bond motifs is 1. The zero-order chi connectivity index (χ0) is 19.2. The minimum absolute atomic E-state index is 0.0537. The number of rotatable bonds is 2. The first-order valence-corrected chi connectivity index (χ1v) is 9.52. The summed E-state index contributed by atoms with van der Waals surface area (Å²) in [6.45, 7) is 4.57. The fourth-order valence-electron chi connectivity index (χ4n) is 4.46. The average Bonchev–Trinajstić information content (AvgIpc) is 2.85. The van der Waals surface area contributed by atoms with E-state index in [9.17, 15) is 14.4 Å². The molecule has 3 atom stereocenters. The van der Waals surface area contributed by atoms with Gasteiger partial charge in [-0.3, -0.25) is 14.5 Å². The van der Waals surface area contributed by atoms with Crippen LogP contribution >= 0.6 is 0 Å². The number of carbonyl (C=O) groups is 3. The summed E-state index contributed by atoms with van der Waals surface area (Å²) in [5, 5.41) is 2.88. The van der Waals surface area contributed by atoms with Gasteiger partial charge in [0.25, 0.3) is 5.91 Å². The molecule has 0 saturated carbocycles. The van der Waals surface area contributed by atoms with Crippen molar-refractivity contribution in [3.63, 3.8) is 0 Å². The molecule has 4 amide bonds. The van der Waals surface area contributed by atoms with Gasteiger partial charge in [-0.15, -0.1) is 0 Å². The molecule has 1 aromatic rings. The number of benzene rings is 1. The third-order valence-electron chi connectivity index (χ3n) is 5.74. The Morgan fingerprint density at radius 2 is 1.85 bits per heavy atom. The highest BCUT2D eigenvalue weighted by molar-refractivity contribution is 6.09. The van der Waals surface area contributed by atoms with Gasteiger partial charge in [0.15, 0.2) is 0 Å². The van der Waals surface area contributed by atoms with Crippen LogP contribution in [-0.2, 0) is 27.2 Å². The molecule has 2 fully saturated rings. The minimum Gasteiger partial charge on any atom is -0.372 e. The van der Waals surface area contributed by atoms with Crippen molar-refractivity contribution < 1.29 is 19.1 Å². The first-order valence-electron chi connectivity index (χ1n) is 9.52. The average molecular weight is 371 g/mol. The van der Waals surface area contributed by atoms with Crippen LogP contribution < -0.4 is 5.32 Å². The molecular formula is C20H25N3O4. The molecule has 0 aromatic heterocycles. The molecule has 1 aliphatic carbocycles. The molecule has 7 nitrogen and oxygen atoms in total. The van der Waals surface area contributed by atoms with Crippen molar-refractivity contribution in [2.45, 2.75) is 50.9 Å². The molecule has 1 spiro atoms. The summed E-state index contributed by atoms with van der Waals surface area (Å²) in [7, 11) is 0. The van der Waals surface area contributed by atoms with Crippen molar-refractivity contribution in [1.82, 2.24) is 15.1 Å². The van der Waals surface area contributed by atoms with Crippen LogP contribution in [0.4, 0.5) is 4.79 Å². The summed E-state index contributed by atoms with van der Waals surface area (Å²) in [5.41, 5.74) is 1.38. The van der Waals surface area contributed by atoms with E-state index in [1.54, 1.807) is 4.90 Å². The van der Waals surface area contributed by atoms with E-state index in [1.807, 2.05) is 32.0 Å². The van der Waals surface area contributed by atoms with Gasteiger partial charge in [-0.1, -0.05) is 24.3 Å². The second kappa shape index (κ2) is 6.64. The molecule has 144 valence electrons. The first-order chi connectivity index (χ1) is 12.9. The minimum atomic E-state index is -0.919. The lowest BCUT2D eigenvalue weighted by Crippen LogP contribution is -2.53. The van der Waals surface area contributed by atoms with Gasteiger partial charge in [-0.05, 0) is 37.8 Å². The zero-order valence-corrected chi connectivity index (χ0v) is 15.7. The van der Waals surface area contributed by atoms with Gasteiger partial charge >= 0.3 is 6.03 Å². The lowest BCUT2D eigenvalue weighted by molar-refractivity contribution is -0.146. The number of hydrogen-bond donors (Lipinski definition) is 1. The van der Waals surface area contributed by atoms with Crippen LogP contribution in [0, 0.1) is 0 Å². The predicted octanol–water partition coefficient (Wildman–Crippen LogP) is 1.10. The maximum absolute atomic E-state index is 13.1. The lowest BCUT2D eigenvalue weighted by Gasteiger charge is -2.36. The maximum atomic E-state index is 13.1. The van der Waals surface area contributed by atoms with Crippen molar-refractivity contribution in [3.8, 4) is 0 Å². The number of nitrogens with zero attached hydrogens (tertiary/aromatic N) is 2. The fraction of sp³-hybridized carbons (Fsp3) is 0.550. The van der Waals surface area contributed by atoms with E-state index in [2.05, 4.69) is 11.4 Å². The van der Waals surface area contributed by atoms with Gasteiger partial charge in [0, 0.05) is 19.5 Å². The molecule has 4 rings (SSSR count). The maximum Gasteiger partial charge on any atom is 0.325 e. The summed E-state index contributed by atoms with van der Waals surface area (Å²) in [6.07, 6.45) is 1.67. The second-order valence-corrected chi connectivity index (χ2v) is 7.91. The van der Waals surface area contributed by atoms with Crippen molar-refractivity contribution >= 4 is 17.8 Å². The van der Waals surface area contributed by atoms with Crippen LogP contribution in [0.15, 0.2) is 24.3 Å².